The Bertz CT molecular complexity index is 1020. The lowest BCUT2D eigenvalue weighted by Crippen LogP contribution is -2.48. The molecule has 0 saturated carbocycles. The average molecular weight is 401 g/mol. The summed E-state index contributed by atoms with van der Waals surface area (Å²) in [6.45, 7) is 5.61. The largest absolute Gasteiger partial charge is 0.416 e. The third kappa shape index (κ3) is 4.29. The number of aryl methyl sites for hydroxylation is 1. The van der Waals surface area contributed by atoms with Gasteiger partial charge >= 0.3 is 6.18 Å². The monoisotopic (exact) mass is 401 g/mol. The summed E-state index contributed by atoms with van der Waals surface area (Å²) in [5, 5.41) is 0.390. The number of carbonyl (C=O) groups excluding carboxylic acids is 1. The van der Waals surface area contributed by atoms with Crippen LogP contribution in [0.15, 0.2) is 48.5 Å². The first kappa shape index (κ1) is 19.5. The van der Waals surface area contributed by atoms with Crippen molar-refractivity contribution in [2.75, 3.05) is 26.2 Å². The molecule has 2 heterocycles. The number of hydrogen-bond donors (Lipinski definition) is 1. The van der Waals surface area contributed by atoms with Gasteiger partial charge in [0.2, 0.25) is 0 Å². The SMILES string of the molecule is Cc1ccc(CN2CCN(C(=O)c3cc4cc(C(F)(F)F)ccc4[nH]3)CC2)cc1. The van der Waals surface area contributed by atoms with Crippen LogP contribution in [0.1, 0.15) is 27.2 Å². The highest BCUT2D eigenvalue weighted by molar-refractivity contribution is 5.98. The van der Waals surface area contributed by atoms with Crippen molar-refractivity contribution in [3.05, 3.63) is 70.9 Å². The van der Waals surface area contributed by atoms with Crippen LogP contribution < -0.4 is 0 Å². The normalized spacial score (nSPS) is 15.8. The third-order valence-corrected chi connectivity index (χ3v) is 5.36. The fraction of sp³-hybridized carbons (Fsp3) is 0.318. The number of rotatable bonds is 3. The molecule has 0 spiro atoms. The van der Waals surface area contributed by atoms with E-state index in [1.807, 2.05) is 0 Å². The summed E-state index contributed by atoms with van der Waals surface area (Å²) in [6.07, 6.45) is -4.40. The maximum atomic E-state index is 12.9. The Morgan fingerprint density at radius 2 is 1.69 bits per heavy atom. The number of carbonyl (C=O) groups is 1. The minimum absolute atomic E-state index is 0.176. The molecule has 1 aliphatic heterocycles. The number of benzene rings is 2. The zero-order chi connectivity index (χ0) is 20.6. The van der Waals surface area contributed by atoms with E-state index in [4.69, 9.17) is 0 Å². The van der Waals surface area contributed by atoms with E-state index in [9.17, 15) is 18.0 Å². The van der Waals surface area contributed by atoms with Gasteiger partial charge in [0.25, 0.3) is 5.91 Å². The lowest BCUT2D eigenvalue weighted by atomic mass is 10.1. The standard InChI is InChI=1S/C22H22F3N3O/c1-15-2-4-16(5-3-15)14-27-8-10-28(11-9-27)21(29)20-13-17-12-18(22(23,24)25)6-7-19(17)26-20/h2-7,12-13,26H,8-11,14H2,1H3. The van der Waals surface area contributed by atoms with E-state index in [0.717, 1.165) is 31.8 Å². The Hall–Kier alpha value is -2.80. The molecule has 1 fully saturated rings. The first-order valence-electron chi connectivity index (χ1n) is 9.57. The Kier molecular flexibility index (Phi) is 5.08. The first-order chi connectivity index (χ1) is 13.8. The highest BCUT2D eigenvalue weighted by Crippen LogP contribution is 2.31. The molecule has 4 rings (SSSR count). The molecule has 3 aromatic rings. The van der Waals surface area contributed by atoms with Gasteiger partial charge in [0.1, 0.15) is 5.69 Å². The maximum Gasteiger partial charge on any atom is 0.416 e. The van der Waals surface area contributed by atoms with Gasteiger partial charge in [-0.1, -0.05) is 29.8 Å². The number of nitrogens with zero attached hydrogens (tertiary/aromatic N) is 2. The molecule has 1 N–H and O–H groups in total. The zero-order valence-electron chi connectivity index (χ0n) is 16.1. The Morgan fingerprint density at radius 3 is 2.34 bits per heavy atom. The topological polar surface area (TPSA) is 39.3 Å². The van der Waals surface area contributed by atoms with Crippen LogP contribution in [-0.4, -0.2) is 46.9 Å². The molecule has 1 saturated heterocycles. The second kappa shape index (κ2) is 7.55. The van der Waals surface area contributed by atoms with Crippen molar-refractivity contribution in [3.63, 3.8) is 0 Å². The molecule has 4 nitrogen and oxygen atoms in total. The minimum Gasteiger partial charge on any atom is -0.351 e. The Balaban J connectivity index is 1.41. The number of halogens is 3. The quantitative estimate of drug-likeness (QED) is 0.704. The van der Waals surface area contributed by atoms with Gasteiger partial charge in [0.05, 0.1) is 5.56 Å². The van der Waals surface area contributed by atoms with Gasteiger partial charge in [0.15, 0.2) is 0 Å². The smallest absolute Gasteiger partial charge is 0.351 e. The van der Waals surface area contributed by atoms with Gasteiger partial charge in [-0.2, -0.15) is 13.2 Å². The summed E-state index contributed by atoms with van der Waals surface area (Å²) >= 11 is 0. The van der Waals surface area contributed by atoms with Gasteiger partial charge < -0.3 is 9.88 Å². The second-order valence-electron chi connectivity index (χ2n) is 7.54. The summed E-state index contributed by atoms with van der Waals surface area (Å²) in [5.74, 6) is -0.176. The molecular formula is C22H22F3N3O. The molecule has 1 amide bonds. The lowest BCUT2D eigenvalue weighted by Gasteiger charge is -2.34. The molecule has 0 radical (unpaired) electrons. The average Bonchev–Trinajstić information content (AvgIpc) is 3.12. The molecule has 2 aromatic carbocycles. The van der Waals surface area contributed by atoms with Crippen LogP contribution in [0, 0.1) is 6.92 Å². The van der Waals surface area contributed by atoms with Gasteiger partial charge in [-0.15, -0.1) is 0 Å². The number of piperazine rings is 1. The molecule has 0 unspecified atom stereocenters. The number of H-pyrrole nitrogens is 1. The van der Waals surface area contributed by atoms with E-state index in [1.54, 1.807) is 4.90 Å². The van der Waals surface area contributed by atoms with Gasteiger partial charge in [-0.3, -0.25) is 9.69 Å². The van der Waals surface area contributed by atoms with Crippen LogP contribution in [0.4, 0.5) is 13.2 Å². The summed E-state index contributed by atoms with van der Waals surface area (Å²) in [4.78, 5) is 19.8. The van der Waals surface area contributed by atoms with Crippen molar-refractivity contribution >= 4 is 16.8 Å². The summed E-state index contributed by atoms with van der Waals surface area (Å²) < 4.78 is 38.7. The van der Waals surface area contributed by atoms with Crippen LogP contribution in [0.3, 0.4) is 0 Å². The third-order valence-electron chi connectivity index (χ3n) is 5.36. The minimum atomic E-state index is -4.40. The Morgan fingerprint density at radius 1 is 1.00 bits per heavy atom. The predicted molar refractivity (Wildman–Crippen MR) is 106 cm³/mol. The second-order valence-corrected chi connectivity index (χ2v) is 7.54. The van der Waals surface area contributed by atoms with Crippen molar-refractivity contribution in [1.29, 1.82) is 0 Å². The highest BCUT2D eigenvalue weighted by Gasteiger charge is 2.31. The number of alkyl halides is 3. The molecule has 0 atom stereocenters. The van der Waals surface area contributed by atoms with E-state index < -0.39 is 11.7 Å². The summed E-state index contributed by atoms with van der Waals surface area (Å²) in [5.41, 5.74) is 2.61. The zero-order valence-corrected chi connectivity index (χ0v) is 16.1. The van der Waals surface area contributed by atoms with Crippen LogP contribution in [0.5, 0.6) is 0 Å². The predicted octanol–water partition coefficient (Wildman–Crippen LogP) is 4.45. The van der Waals surface area contributed by atoms with Crippen molar-refractivity contribution in [2.24, 2.45) is 0 Å². The molecule has 0 aliphatic carbocycles. The van der Waals surface area contributed by atoms with Crippen molar-refractivity contribution in [3.8, 4) is 0 Å². The van der Waals surface area contributed by atoms with Crippen molar-refractivity contribution in [2.45, 2.75) is 19.6 Å². The Labute approximate surface area is 166 Å². The number of aromatic nitrogens is 1. The fourth-order valence-corrected chi connectivity index (χ4v) is 3.66. The van der Waals surface area contributed by atoms with Crippen LogP contribution in [0.2, 0.25) is 0 Å². The van der Waals surface area contributed by atoms with E-state index in [0.29, 0.717) is 29.7 Å². The lowest BCUT2D eigenvalue weighted by molar-refractivity contribution is -0.137. The molecule has 0 bridgehead atoms. The number of aromatic amines is 1. The summed E-state index contributed by atoms with van der Waals surface area (Å²) in [6, 6.07) is 13.4. The fourth-order valence-electron chi connectivity index (χ4n) is 3.66. The first-order valence-corrected chi connectivity index (χ1v) is 9.57. The summed E-state index contributed by atoms with van der Waals surface area (Å²) in [7, 11) is 0. The number of fused-ring (bicyclic) bond motifs is 1. The van der Waals surface area contributed by atoms with Gasteiger partial charge in [0, 0.05) is 43.6 Å². The van der Waals surface area contributed by atoms with E-state index in [-0.39, 0.29) is 5.91 Å². The van der Waals surface area contributed by atoms with Gasteiger partial charge in [-0.25, -0.2) is 0 Å². The van der Waals surface area contributed by atoms with E-state index in [2.05, 4.69) is 41.1 Å². The molecule has 1 aliphatic rings. The molecular weight excluding hydrogens is 379 g/mol. The van der Waals surface area contributed by atoms with Crippen molar-refractivity contribution in [1.82, 2.24) is 14.8 Å². The highest BCUT2D eigenvalue weighted by atomic mass is 19.4. The van der Waals surface area contributed by atoms with Gasteiger partial charge in [-0.05, 0) is 36.8 Å². The van der Waals surface area contributed by atoms with E-state index >= 15 is 0 Å². The van der Waals surface area contributed by atoms with Crippen molar-refractivity contribution < 1.29 is 18.0 Å². The van der Waals surface area contributed by atoms with E-state index in [1.165, 1.54) is 23.3 Å². The number of hydrogen-bond acceptors (Lipinski definition) is 2. The maximum absolute atomic E-state index is 12.9. The molecule has 152 valence electrons. The molecule has 1 aromatic heterocycles. The number of nitrogens with one attached hydrogen (secondary N) is 1. The number of amides is 1. The molecule has 7 heteroatoms. The van der Waals surface area contributed by atoms with Crippen LogP contribution in [-0.2, 0) is 12.7 Å². The van der Waals surface area contributed by atoms with Crippen LogP contribution >= 0.6 is 0 Å². The molecule has 29 heavy (non-hydrogen) atoms. The van der Waals surface area contributed by atoms with Crippen LogP contribution in [0.25, 0.3) is 10.9 Å².